The molecule has 7 nitrogen and oxygen atoms in total. The van der Waals surface area contributed by atoms with Gasteiger partial charge in [-0.05, 0) is 50.5 Å². The number of hydrogen-bond acceptors (Lipinski definition) is 5. The van der Waals surface area contributed by atoms with Gasteiger partial charge in [0.1, 0.15) is 0 Å². The van der Waals surface area contributed by atoms with Crippen LogP contribution in [0.4, 0.5) is 11.4 Å². The van der Waals surface area contributed by atoms with Gasteiger partial charge in [-0.3, -0.25) is 14.9 Å². The van der Waals surface area contributed by atoms with E-state index in [1.165, 1.54) is 32.0 Å². The number of esters is 1. The first kappa shape index (κ1) is 20.1. The van der Waals surface area contributed by atoms with E-state index in [9.17, 15) is 19.7 Å². The van der Waals surface area contributed by atoms with Gasteiger partial charge in [-0.2, -0.15) is 0 Å². The number of amides is 1. The van der Waals surface area contributed by atoms with E-state index in [-0.39, 0.29) is 11.3 Å². The Balaban J connectivity index is 2.09. The van der Waals surface area contributed by atoms with Crippen molar-refractivity contribution in [3.8, 4) is 0 Å². The Morgan fingerprint density at radius 1 is 1.19 bits per heavy atom. The number of aryl methyl sites for hydroxylation is 3. The summed E-state index contributed by atoms with van der Waals surface area (Å²) in [6.07, 6.45) is -0.259. The van der Waals surface area contributed by atoms with Gasteiger partial charge in [0.15, 0.2) is 6.10 Å². The van der Waals surface area contributed by atoms with Gasteiger partial charge in [-0.25, -0.2) is 4.79 Å². The van der Waals surface area contributed by atoms with Crippen LogP contribution in [0.3, 0.4) is 0 Å². The van der Waals surface area contributed by atoms with E-state index in [2.05, 4.69) is 5.32 Å². The van der Waals surface area contributed by atoms with Crippen molar-refractivity contribution in [2.24, 2.45) is 0 Å². The zero-order chi connectivity index (χ0) is 20.1. The van der Waals surface area contributed by atoms with E-state index in [4.69, 9.17) is 4.74 Å². The normalized spacial score (nSPS) is 11.6. The number of nitro benzene ring substituents is 1. The van der Waals surface area contributed by atoms with Crippen molar-refractivity contribution in [3.63, 3.8) is 0 Å². The third-order valence-corrected chi connectivity index (χ3v) is 4.27. The largest absolute Gasteiger partial charge is 0.449 e. The summed E-state index contributed by atoms with van der Waals surface area (Å²) >= 11 is 0. The van der Waals surface area contributed by atoms with Crippen LogP contribution in [0.15, 0.2) is 36.4 Å². The van der Waals surface area contributed by atoms with Gasteiger partial charge in [-0.1, -0.05) is 25.1 Å². The number of para-hydroxylation sites is 1. The molecule has 0 aliphatic rings. The Kier molecular flexibility index (Phi) is 6.28. The lowest BCUT2D eigenvalue weighted by Gasteiger charge is -2.17. The maximum atomic E-state index is 12.4. The van der Waals surface area contributed by atoms with Gasteiger partial charge in [0.2, 0.25) is 0 Å². The molecule has 0 unspecified atom stereocenters. The van der Waals surface area contributed by atoms with E-state index in [0.717, 1.165) is 23.2 Å². The Bertz CT molecular complexity index is 892. The molecule has 2 aromatic carbocycles. The predicted molar refractivity (Wildman–Crippen MR) is 102 cm³/mol. The molecule has 1 atom stereocenters. The van der Waals surface area contributed by atoms with Crippen molar-refractivity contribution in [3.05, 3.63) is 68.8 Å². The fourth-order valence-electron chi connectivity index (χ4n) is 2.70. The second kappa shape index (κ2) is 8.44. The summed E-state index contributed by atoms with van der Waals surface area (Å²) in [6.45, 7) is 6.90. The number of hydrogen-bond donors (Lipinski definition) is 1. The fourth-order valence-corrected chi connectivity index (χ4v) is 2.70. The van der Waals surface area contributed by atoms with E-state index in [1.807, 2.05) is 32.0 Å². The van der Waals surface area contributed by atoms with Crippen LogP contribution in [0.1, 0.15) is 40.9 Å². The molecular weight excluding hydrogens is 348 g/mol. The third-order valence-electron chi connectivity index (χ3n) is 4.27. The van der Waals surface area contributed by atoms with Gasteiger partial charge in [-0.15, -0.1) is 0 Å². The number of nitrogens with zero attached hydrogens (tertiary/aromatic N) is 1. The quantitative estimate of drug-likeness (QED) is 0.471. The molecule has 0 aliphatic carbocycles. The molecule has 0 spiro atoms. The van der Waals surface area contributed by atoms with Crippen molar-refractivity contribution >= 4 is 23.3 Å². The molecule has 27 heavy (non-hydrogen) atoms. The molecule has 7 heteroatoms. The number of nitro groups is 1. The number of ether oxygens (including phenoxy) is 1. The highest BCUT2D eigenvalue weighted by molar-refractivity contribution is 5.98. The molecule has 0 fully saturated rings. The summed E-state index contributed by atoms with van der Waals surface area (Å²) < 4.78 is 5.22. The summed E-state index contributed by atoms with van der Waals surface area (Å²) in [5.41, 5.74) is 3.06. The highest BCUT2D eigenvalue weighted by Crippen LogP contribution is 2.22. The predicted octanol–water partition coefficient (Wildman–Crippen LogP) is 3.96. The Morgan fingerprint density at radius 3 is 2.48 bits per heavy atom. The van der Waals surface area contributed by atoms with Crippen LogP contribution in [0.2, 0.25) is 0 Å². The SMILES string of the molecule is CCc1cccc(C)c1NC(=O)[C@H](C)OC(=O)c1ccc([N+](=O)[O-])c(C)c1. The molecule has 0 heterocycles. The Morgan fingerprint density at radius 2 is 1.89 bits per heavy atom. The Hall–Kier alpha value is -3.22. The molecule has 0 radical (unpaired) electrons. The van der Waals surface area contributed by atoms with Crippen LogP contribution in [0.5, 0.6) is 0 Å². The minimum Gasteiger partial charge on any atom is -0.449 e. The highest BCUT2D eigenvalue weighted by Gasteiger charge is 2.21. The highest BCUT2D eigenvalue weighted by atomic mass is 16.6. The van der Waals surface area contributed by atoms with Crippen molar-refractivity contribution in [1.82, 2.24) is 0 Å². The molecule has 1 amide bonds. The van der Waals surface area contributed by atoms with Crippen LogP contribution < -0.4 is 5.32 Å². The monoisotopic (exact) mass is 370 g/mol. The van der Waals surface area contributed by atoms with Gasteiger partial charge in [0.25, 0.3) is 11.6 Å². The molecule has 0 saturated heterocycles. The maximum Gasteiger partial charge on any atom is 0.338 e. The van der Waals surface area contributed by atoms with Crippen molar-refractivity contribution < 1.29 is 19.2 Å². The summed E-state index contributed by atoms with van der Waals surface area (Å²) in [6, 6.07) is 9.68. The molecule has 2 rings (SSSR count). The number of carbonyl (C=O) groups is 2. The molecule has 0 saturated carbocycles. The second-order valence-corrected chi connectivity index (χ2v) is 6.26. The summed E-state index contributed by atoms with van der Waals surface area (Å²) in [4.78, 5) is 35.0. The number of benzene rings is 2. The van der Waals surface area contributed by atoms with Crippen LogP contribution in [-0.2, 0) is 16.0 Å². The standard InChI is InChI=1S/C20H22N2O5/c1-5-15-8-6-7-12(2)18(15)21-19(23)14(4)27-20(24)16-9-10-17(22(25)26)13(3)11-16/h6-11,14H,5H2,1-4H3,(H,21,23)/t14-/m0/s1. The first-order valence-electron chi connectivity index (χ1n) is 8.60. The molecular formula is C20H22N2O5. The van der Waals surface area contributed by atoms with E-state index in [1.54, 1.807) is 0 Å². The van der Waals surface area contributed by atoms with Crippen molar-refractivity contribution in [2.75, 3.05) is 5.32 Å². The second-order valence-electron chi connectivity index (χ2n) is 6.26. The van der Waals surface area contributed by atoms with Gasteiger partial charge in [0.05, 0.1) is 10.5 Å². The maximum absolute atomic E-state index is 12.4. The van der Waals surface area contributed by atoms with Crippen LogP contribution in [-0.4, -0.2) is 22.9 Å². The minimum atomic E-state index is -1.02. The van der Waals surface area contributed by atoms with Crippen molar-refractivity contribution in [1.29, 1.82) is 0 Å². The molecule has 142 valence electrons. The number of anilines is 1. The molecule has 0 aromatic heterocycles. The summed E-state index contributed by atoms with van der Waals surface area (Å²) in [7, 11) is 0. The Labute approximate surface area is 157 Å². The number of rotatable bonds is 6. The third kappa shape index (κ3) is 4.69. The summed E-state index contributed by atoms with van der Waals surface area (Å²) in [5.74, 6) is -1.15. The molecule has 0 aliphatic heterocycles. The van der Waals surface area contributed by atoms with Crippen LogP contribution >= 0.6 is 0 Å². The zero-order valence-corrected chi connectivity index (χ0v) is 15.7. The first-order valence-corrected chi connectivity index (χ1v) is 8.60. The molecule has 2 aromatic rings. The van der Waals surface area contributed by atoms with Crippen molar-refractivity contribution in [2.45, 2.75) is 40.2 Å². The van der Waals surface area contributed by atoms with Gasteiger partial charge in [0, 0.05) is 17.3 Å². The first-order chi connectivity index (χ1) is 12.7. The average Bonchev–Trinajstić information content (AvgIpc) is 2.62. The van der Waals surface area contributed by atoms with E-state index < -0.39 is 22.9 Å². The fraction of sp³-hybridized carbons (Fsp3) is 0.300. The molecule has 0 bridgehead atoms. The lowest BCUT2D eigenvalue weighted by atomic mass is 10.1. The smallest absolute Gasteiger partial charge is 0.338 e. The van der Waals surface area contributed by atoms with Crippen LogP contribution in [0.25, 0.3) is 0 Å². The van der Waals surface area contributed by atoms with E-state index in [0.29, 0.717) is 5.56 Å². The zero-order valence-electron chi connectivity index (χ0n) is 15.7. The minimum absolute atomic E-state index is 0.0796. The van der Waals surface area contributed by atoms with Crippen LogP contribution in [0, 0.1) is 24.0 Å². The summed E-state index contributed by atoms with van der Waals surface area (Å²) in [5, 5.41) is 13.7. The molecule has 1 N–H and O–H groups in total. The van der Waals surface area contributed by atoms with E-state index >= 15 is 0 Å². The topological polar surface area (TPSA) is 98.5 Å². The average molecular weight is 370 g/mol. The van der Waals surface area contributed by atoms with Gasteiger partial charge >= 0.3 is 5.97 Å². The lowest BCUT2D eigenvalue weighted by Crippen LogP contribution is -2.30. The number of nitrogens with one attached hydrogen (secondary N) is 1. The number of carbonyl (C=O) groups excluding carboxylic acids is 2. The lowest BCUT2D eigenvalue weighted by molar-refractivity contribution is -0.385. The van der Waals surface area contributed by atoms with Gasteiger partial charge < -0.3 is 10.1 Å².